The van der Waals surface area contributed by atoms with Gasteiger partial charge >= 0.3 is 5.97 Å². The van der Waals surface area contributed by atoms with E-state index >= 15 is 0 Å². The maximum absolute atomic E-state index is 13.4. The highest BCUT2D eigenvalue weighted by atomic mass is 16.5. The Hall–Kier alpha value is -3.74. The number of allylic oxidation sites excluding steroid dienone is 2. The molecule has 1 heterocycles. The number of ether oxygens (including phenoxy) is 1. The van der Waals surface area contributed by atoms with Crippen molar-refractivity contribution >= 4 is 35.1 Å². The molecular formula is C28H26N2O5. The first-order chi connectivity index (χ1) is 17.0. The molecule has 7 heteroatoms. The van der Waals surface area contributed by atoms with Crippen molar-refractivity contribution in [2.45, 2.75) is 19.8 Å². The first-order valence-electron chi connectivity index (χ1n) is 12.2. The predicted molar refractivity (Wildman–Crippen MR) is 129 cm³/mol. The molecule has 0 spiro atoms. The van der Waals surface area contributed by atoms with Crippen LogP contribution < -0.4 is 10.2 Å². The molecule has 35 heavy (non-hydrogen) atoms. The second-order valence-electron chi connectivity index (χ2n) is 9.88. The Kier molecular flexibility index (Phi) is 5.09. The Morgan fingerprint density at radius 2 is 1.60 bits per heavy atom. The topological polar surface area (TPSA) is 92.8 Å². The van der Waals surface area contributed by atoms with Crippen LogP contribution in [0, 0.1) is 35.5 Å². The number of hydrogen-bond acceptors (Lipinski definition) is 5. The highest BCUT2D eigenvalue weighted by Crippen LogP contribution is 2.65. The van der Waals surface area contributed by atoms with Crippen LogP contribution in [0.1, 0.15) is 40.5 Å². The Morgan fingerprint density at radius 3 is 2.23 bits per heavy atom. The molecule has 1 aliphatic heterocycles. The van der Waals surface area contributed by atoms with Crippen molar-refractivity contribution in [2.75, 3.05) is 16.8 Å². The molecule has 3 fully saturated rings. The van der Waals surface area contributed by atoms with E-state index in [0.717, 1.165) is 12.8 Å². The lowest BCUT2D eigenvalue weighted by molar-refractivity contribution is -0.124. The Balaban J connectivity index is 1.18. The average Bonchev–Trinajstić information content (AvgIpc) is 3.66. The van der Waals surface area contributed by atoms with Gasteiger partial charge in [-0.3, -0.25) is 14.4 Å². The molecule has 2 bridgehead atoms. The molecule has 4 aliphatic carbocycles. The van der Waals surface area contributed by atoms with E-state index in [4.69, 9.17) is 4.74 Å². The summed E-state index contributed by atoms with van der Waals surface area (Å²) < 4.78 is 5.12. The van der Waals surface area contributed by atoms with Crippen molar-refractivity contribution in [2.24, 2.45) is 35.5 Å². The first-order valence-corrected chi connectivity index (χ1v) is 12.2. The number of benzene rings is 2. The van der Waals surface area contributed by atoms with Crippen molar-refractivity contribution in [3.63, 3.8) is 0 Å². The molecule has 0 aromatic heterocycles. The fraction of sp³-hybridized carbons (Fsp3) is 0.357. The largest absolute Gasteiger partial charge is 0.462 e. The summed E-state index contributed by atoms with van der Waals surface area (Å²) in [6.07, 6.45) is 6.15. The second kappa shape index (κ2) is 8.18. The minimum absolute atomic E-state index is 0.146. The zero-order valence-electron chi connectivity index (χ0n) is 19.3. The molecule has 5 aliphatic rings. The van der Waals surface area contributed by atoms with E-state index < -0.39 is 5.97 Å². The summed E-state index contributed by atoms with van der Waals surface area (Å²) in [5, 5.41) is 2.80. The molecule has 0 radical (unpaired) electrons. The smallest absolute Gasteiger partial charge is 0.338 e. The lowest BCUT2D eigenvalue weighted by Crippen LogP contribution is -2.40. The normalized spacial score (nSPS) is 29.6. The molecule has 1 N–H and O–H groups in total. The number of hydrogen-bond donors (Lipinski definition) is 1. The van der Waals surface area contributed by atoms with Gasteiger partial charge in [0.15, 0.2) is 0 Å². The Labute approximate surface area is 203 Å². The predicted octanol–water partition coefficient (Wildman–Crippen LogP) is 4.06. The van der Waals surface area contributed by atoms with E-state index in [-0.39, 0.29) is 41.4 Å². The summed E-state index contributed by atoms with van der Waals surface area (Å²) in [5.74, 6) is -0.218. The third-order valence-corrected chi connectivity index (χ3v) is 7.85. The first kappa shape index (κ1) is 21.8. The Morgan fingerprint density at radius 1 is 0.943 bits per heavy atom. The molecule has 3 amide bonds. The number of esters is 1. The summed E-state index contributed by atoms with van der Waals surface area (Å²) in [6.45, 7) is 2.28. The molecule has 178 valence electrons. The molecule has 2 aromatic carbocycles. The van der Waals surface area contributed by atoms with Gasteiger partial charge in [0.1, 0.15) is 0 Å². The zero-order valence-corrected chi connectivity index (χ0v) is 19.3. The molecule has 7 nitrogen and oxygen atoms in total. The van der Waals surface area contributed by atoms with E-state index in [1.54, 1.807) is 48.5 Å². The van der Waals surface area contributed by atoms with Gasteiger partial charge in [0.2, 0.25) is 11.8 Å². The second-order valence-corrected chi connectivity index (χ2v) is 9.88. The highest BCUT2D eigenvalue weighted by Gasteiger charge is 2.67. The minimum Gasteiger partial charge on any atom is -0.462 e. The number of nitrogens with zero attached hydrogens (tertiary/aromatic N) is 1. The van der Waals surface area contributed by atoms with Crippen molar-refractivity contribution in [3.05, 3.63) is 71.8 Å². The van der Waals surface area contributed by atoms with Crippen LogP contribution in [0.5, 0.6) is 0 Å². The molecular weight excluding hydrogens is 444 g/mol. The van der Waals surface area contributed by atoms with E-state index in [0.29, 0.717) is 40.9 Å². The number of rotatable bonds is 6. The van der Waals surface area contributed by atoms with E-state index in [9.17, 15) is 19.2 Å². The summed E-state index contributed by atoms with van der Waals surface area (Å²) in [6, 6.07) is 13.1. The van der Waals surface area contributed by atoms with Gasteiger partial charge in [-0.2, -0.15) is 0 Å². The van der Waals surface area contributed by atoms with Gasteiger partial charge in [0.25, 0.3) is 5.91 Å². The van der Waals surface area contributed by atoms with Crippen molar-refractivity contribution in [1.29, 1.82) is 0 Å². The van der Waals surface area contributed by atoms with Crippen LogP contribution in [0.25, 0.3) is 0 Å². The Bertz CT molecular complexity index is 1230. The number of imide groups is 1. The van der Waals surface area contributed by atoms with E-state index in [2.05, 4.69) is 17.5 Å². The number of carbonyl (C=O) groups excluding carboxylic acids is 4. The van der Waals surface area contributed by atoms with Crippen LogP contribution in [0.15, 0.2) is 60.7 Å². The summed E-state index contributed by atoms with van der Waals surface area (Å²) in [7, 11) is 0. The SMILES string of the molecule is CCCOC(=O)c1ccc(NC(=O)c2cccc(N3C(=O)[C@@H]4[C@H]5C=C[C@@H]([C@@H]6C[C@@H]56)[C@@H]4C3=O)c2)cc1. The van der Waals surface area contributed by atoms with Crippen molar-refractivity contribution < 1.29 is 23.9 Å². The van der Waals surface area contributed by atoms with Crippen LogP contribution in [-0.2, 0) is 14.3 Å². The fourth-order valence-corrected chi connectivity index (χ4v) is 6.17. The lowest BCUT2D eigenvalue weighted by atomic mass is 9.63. The molecule has 0 unspecified atom stereocenters. The number of carbonyl (C=O) groups is 4. The average molecular weight is 471 g/mol. The van der Waals surface area contributed by atoms with Gasteiger partial charge in [-0.25, -0.2) is 9.69 Å². The maximum Gasteiger partial charge on any atom is 0.338 e. The quantitative estimate of drug-likeness (QED) is 0.390. The van der Waals surface area contributed by atoms with Gasteiger partial charge < -0.3 is 10.1 Å². The molecule has 1 saturated heterocycles. The fourth-order valence-electron chi connectivity index (χ4n) is 6.17. The van der Waals surface area contributed by atoms with Gasteiger partial charge in [-0.05, 0) is 79.0 Å². The van der Waals surface area contributed by atoms with Crippen LogP contribution >= 0.6 is 0 Å². The zero-order chi connectivity index (χ0) is 24.3. The van der Waals surface area contributed by atoms with Crippen molar-refractivity contribution in [1.82, 2.24) is 0 Å². The minimum atomic E-state index is -0.404. The number of nitrogens with one attached hydrogen (secondary N) is 1. The maximum atomic E-state index is 13.4. The third-order valence-electron chi connectivity index (χ3n) is 7.85. The van der Waals surface area contributed by atoms with Crippen LogP contribution in [0.4, 0.5) is 11.4 Å². The number of amides is 3. The number of anilines is 2. The standard InChI is InChI=1S/C28H26N2O5/c1-2-12-35-28(34)15-6-8-17(9-7-15)29-25(31)16-4-3-5-18(13-16)30-26(32)23-19-10-11-20(22-14-21(19)22)24(23)27(30)33/h3-11,13,19-24H,2,12,14H2,1H3,(H,29,31)/t19-,20-,21-,22-,23-,24+/m0/s1. The van der Waals surface area contributed by atoms with Crippen LogP contribution in [0.3, 0.4) is 0 Å². The molecule has 2 saturated carbocycles. The summed E-state index contributed by atoms with van der Waals surface area (Å²) in [5.41, 5.74) is 1.71. The lowest BCUT2D eigenvalue weighted by Gasteiger charge is -2.37. The molecule has 2 aromatic rings. The van der Waals surface area contributed by atoms with Crippen molar-refractivity contribution in [3.8, 4) is 0 Å². The van der Waals surface area contributed by atoms with Gasteiger partial charge in [0.05, 0.1) is 29.7 Å². The van der Waals surface area contributed by atoms with Crippen LogP contribution in [-0.4, -0.2) is 30.3 Å². The van der Waals surface area contributed by atoms with Gasteiger partial charge in [0, 0.05) is 11.3 Å². The van der Waals surface area contributed by atoms with Crippen LogP contribution in [0.2, 0.25) is 0 Å². The summed E-state index contributed by atoms with van der Waals surface area (Å²) >= 11 is 0. The van der Waals surface area contributed by atoms with E-state index in [1.165, 1.54) is 4.90 Å². The summed E-state index contributed by atoms with van der Waals surface area (Å²) in [4.78, 5) is 52.9. The third kappa shape index (κ3) is 3.49. The highest BCUT2D eigenvalue weighted by molar-refractivity contribution is 6.23. The molecule has 6 atom stereocenters. The monoisotopic (exact) mass is 470 g/mol. The van der Waals surface area contributed by atoms with Gasteiger partial charge in [-0.1, -0.05) is 25.1 Å². The molecule has 7 rings (SSSR count). The van der Waals surface area contributed by atoms with E-state index in [1.807, 2.05) is 6.92 Å². The van der Waals surface area contributed by atoms with Gasteiger partial charge in [-0.15, -0.1) is 0 Å².